The fourth-order valence-corrected chi connectivity index (χ4v) is 5.51. The van der Waals surface area contributed by atoms with E-state index in [4.69, 9.17) is 11.6 Å². The van der Waals surface area contributed by atoms with Crippen LogP contribution in [0.3, 0.4) is 0 Å². The maximum atomic E-state index is 13.3. The molecule has 3 unspecified atom stereocenters. The molecule has 1 aliphatic heterocycles. The summed E-state index contributed by atoms with van der Waals surface area (Å²) in [5, 5.41) is 4.27. The molecule has 0 saturated carbocycles. The van der Waals surface area contributed by atoms with Crippen molar-refractivity contribution in [2.75, 3.05) is 31.5 Å². The van der Waals surface area contributed by atoms with Gasteiger partial charge in [0.25, 0.3) is 0 Å². The molecule has 1 aliphatic rings. The van der Waals surface area contributed by atoms with Crippen molar-refractivity contribution < 1.29 is 4.55 Å². The van der Waals surface area contributed by atoms with Gasteiger partial charge in [-0.25, -0.2) is 0 Å². The number of benzene rings is 2. The minimum Gasteiger partial charge on any atom is -0.588 e. The third-order valence-corrected chi connectivity index (χ3v) is 7.67. The molecule has 0 aromatic heterocycles. The zero-order chi connectivity index (χ0) is 21.0. The molecule has 1 heterocycles. The summed E-state index contributed by atoms with van der Waals surface area (Å²) in [5.74, 6) is 0. The molecule has 6 heteroatoms. The topological polar surface area (TPSA) is 41.6 Å². The quantitative estimate of drug-likeness (QED) is 0.598. The van der Waals surface area contributed by atoms with E-state index in [0.717, 1.165) is 34.7 Å². The van der Waals surface area contributed by atoms with Crippen LogP contribution in [-0.2, 0) is 11.4 Å². The average Bonchev–Trinajstić information content (AvgIpc) is 3.13. The van der Waals surface area contributed by atoms with Gasteiger partial charge in [-0.15, -0.1) is 0 Å². The molecule has 158 valence electrons. The Bertz CT molecular complexity index is 818. The number of likely N-dealkylation sites (tertiary alicyclic amines) is 1. The number of anilines is 1. The van der Waals surface area contributed by atoms with Gasteiger partial charge in [-0.05, 0) is 70.9 Å². The van der Waals surface area contributed by atoms with Crippen LogP contribution in [0.25, 0.3) is 0 Å². The Morgan fingerprint density at radius 1 is 1.31 bits per heavy atom. The van der Waals surface area contributed by atoms with E-state index in [2.05, 4.69) is 30.3 Å². The first kappa shape index (κ1) is 22.4. The molecule has 4 nitrogen and oxygen atoms in total. The van der Waals surface area contributed by atoms with Crippen LogP contribution in [0, 0.1) is 6.92 Å². The first-order chi connectivity index (χ1) is 13.9. The number of aryl methyl sites for hydroxylation is 1. The Hall–Kier alpha value is -1.24. The molecule has 0 aliphatic carbocycles. The normalized spacial score (nSPS) is 19.3. The van der Waals surface area contributed by atoms with Crippen molar-refractivity contribution in [2.24, 2.45) is 0 Å². The molecule has 3 atom stereocenters. The van der Waals surface area contributed by atoms with E-state index < -0.39 is 11.4 Å². The van der Waals surface area contributed by atoms with Gasteiger partial charge in [-0.1, -0.05) is 35.9 Å². The highest BCUT2D eigenvalue weighted by molar-refractivity contribution is 7.92. The third kappa shape index (κ3) is 5.47. The maximum absolute atomic E-state index is 13.3. The summed E-state index contributed by atoms with van der Waals surface area (Å²) in [6, 6.07) is 14.6. The minimum atomic E-state index is -1.33. The number of hydrogen-bond acceptors (Lipinski definition) is 4. The van der Waals surface area contributed by atoms with Crippen LogP contribution >= 0.6 is 11.6 Å². The van der Waals surface area contributed by atoms with Crippen LogP contribution in [0.2, 0.25) is 5.02 Å². The molecule has 1 fully saturated rings. The lowest BCUT2D eigenvalue weighted by molar-refractivity contribution is 0.291. The van der Waals surface area contributed by atoms with Crippen molar-refractivity contribution in [2.45, 2.75) is 50.1 Å². The van der Waals surface area contributed by atoms with E-state index in [-0.39, 0.29) is 6.04 Å². The molecule has 29 heavy (non-hydrogen) atoms. The van der Waals surface area contributed by atoms with Crippen LogP contribution in [-0.4, -0.2) is 42.7 Å². The largest absolute Gasteiger partial charge is 0.588 e. The van der Waals surface area contributed by atoms with Crippen LogP contribution in [0.1, 0.15) is 43.4 Å². The fourth-order valence-electron chi connectivity index (χ4n) is 4.06. The number of nitrogens with zero attached hydrogens (tertiary/aromatic N) is 2. The van der Waals surface area contributed by atoms with Gasteiger partial charge >= 0.3 is 0 Å². The van der Waals surface area contributed by atoms with Crippen molar-refractivity contribution >= 4 is 28.7 Å². The van der Waals surface area contributed by atoms with Gasteiger partial charge in [0.15, 0.2) is 4.90 Å². The highest BCUT2D eigenvalue weighted by Gasteiger charge is 2.25. The average molecular weight is 434 g/mol. The van der Waals surface area contributed by atoms with E-state index >= 15 is 0 Å². The summed E-state index contributed by atoms with van der Waals surface area (Å²) in [4.78, 5) is 3.21. The van der Waals surface area contributed by atoms with E-state index in [9.17, 15) is 4.55 Å². The summed E-state index contributed by atoms with van der Waals surface area (Å²) in [7, 11) is 4.11. The first-order valence-corrected chi connectivity index (χ1v) is 11.8. The van der Waals surface area contributed by atoms with Crippen LogP contribution in [0.4, 0.5) is 5.69 Å². The molecular weight excluding hydrogens is 402 g/mol. The Kier molecular flexibility index (Phi) is 7.88. The smallest absolute Gasteiger partial charge is 0.184 e. The molecule has 0 spiro atoms. The number of halogens is 1. The number of nitrogens with one attached hydrogen (secondary N) is 1. The Labute approximate surface area is 183 Å². The second kappa shape index (κ2) is 10.2. The van der Waals surface area contributed by atoms with Crippen molar-refractivity contribution in [1.29, 1.82) is 0 Å². The van der Waals surface area contributed by atoms with Crippen LogP contribution in [0.5, 0.6) is 0 Å². The van der Waals surface area contributed by atoms with Crippen molar-refractivity contribution in [3.8, 4) is 0 Å². The number of hydrogen-bond donors (Lipinski definition) is 1. The molecule has 2 aromatic carbocycles. The van der Waals surface area contributed by atoms with Gasteiger partial charge in [0, 0.05) is 28.7 Å². The van der Waals surface area contributed by atoms with Gasteiger partial charge < -0.3 is 14.8 Å². The lowest BCUT2D eigenvalue weighted by Gasteiger charge is -2.27. The van der Waals surface area contributed by atoms with Crippen molar-refractivity contribution in [3.63, 3.8) is 0 Å². The lowest BCUT2D eigenvalue weighted by Crippen LogP contribution is -2.32. The third-order valence-electron chi connectivity index (χ3n) is 5.93. The van der Waals surface area contributed by atoms with Gasteiger partial charge in [0.2, 0.25) is 0 Å². The van der Waals surface area contributed by atoms with Gasteiger partial charge in [-0.2, -0.15) is 4.31 Å². The molecule has 1 saturated heterocycles. The highest BCUT2D eigenvalue weighted by Crippen LogP contribution is 2.31. The van der Waals surface area contributed by atoms with Gasteiger partial charge in [0.05, 0.1) is 12.7 Å². The minimum absolute atomic E-state index is 0.179. The molecule has 0 bridgehead atoms. The van der Waals surface area contributed by atoms with E-state index in [1.165, 1.54) is 19.4 Å². The first-order valence-electron chi connectivity index (χ1n) is 10.3. The standard InChI is InChI=1S/C23H32ClN3OS/c1-17-11-12-19(24)16-23(17)29(28)27(4)22-10-6-5-9-21(22)18(2)25-14-13-20-8-7-15-26(20)3/h5-6,9-12,16,18,20,25H,7-8,13-15H2,1-4H3. The molecule has 2 aromatic rings. The molecule has 0 amide bonds. The summed E-state index contributed by atoms with van der Waals surface area (Å²) >= 11 is 4.82. The summed E-state index contributed by atoms with van der Waals surface area (Å²) in [6.45, 7) is 6.33. The summed E-state index contributed by atoms with van der Waals surface area (Å²) < 4.78 is 15.1. The van der Waals surface area contributed by atoms with Gasteiger partial charge in [0.1, 0.15) is 11.4 Å². The highest BCUT2D eigenvalue weighted by atomic mass is 35.5. The van der Waals surface area contributed by atoms with Gasteiger partial charge in [-0.3, -0.25) is 0 Å². The van der Waals surface area contributed by atoms with E-state index in [1.807, 2.05) is 48.6 Å². The summed E-state index contributed by atoms with van der Waals surface area (Å²) in [5.41, 5.74) is 3.11. The van der Waals surface area contributed by atoms with E-state index in [1.54, 1.807) is 6.07 Å². The molecule has 3 rings (SSSR count). The SMILES string of the molecule is Cc1ccc(Cl)cc1[S+]([O-])N(C)c1ccccc1C(C)NCCC1CCCN1C. The maximum Gasteiger partial charge on any atom is 0.184 e. The Balaban J connectivity index is 1.70. The monoisotopic (exact) mass is 433 g/mol. The number of para-hydroxylation sites is 1. The predicted octanol–water partition coefficient (Wildman–Crippen LogP) is 4.94. The molecule has 1 N–H and O–H groups in total. The predicted molar refractivity (Wildman–Crippen MR) is 124 cm³/mol. The molecule has 0 radical (unpaired) electrons. The number of rotatable bonds is 8. The second-order valence-electron chi connectivity index (χ2n) is 7.96. The van der Waals surface area contributed by atoms with Crippen LogP contribution in [0.15, 0.2) is 47.4 Å². The zero-order valence-electron chi connectivity index (χ0n) is 17.8. The summed E-state index contributed by atoms with van der Waals surface area (Å²) in [6.07, 6.45) is 3.76. The Morgan fingerprint density at radius 3 is 2.79 bits per heavy atom. The molecular formula is C23H32ClN3OS. The van der Waals surface area contributed by atoms with Crippen LogP contribution < -0.4 is 9.62 Å². The van der Waals surface area contributed by atoms with Crippen molar-refractivity contribution in [3.05, 3.63) is 58.6 Å². The Morgan fingerprint density at radius 2 is 2.07 bits per heavy atom. The lowest BCUT2D eigenvalue weighted by atomic mass is 10.1. The zero-order valence-corrected chi connectivity index (χ0v) is 19.4. The van der Waals surface area contributed by atoms with E-state index in [0.29, 0.717) is 11.1 Å². The fraction of sp³-hybridized carbons (Fsp3) is 0.478. The van der Waals surface area contributed by atoms with Crippen molar-refractivity contribution in [1.82, 2.24) is 10.2 Å². The second-order valence-corrected chi connectivity index (χ2v) is 9.88.